The van der Waals surface area contributed by atoms with Crippen molar-refractivity contribution < 1.29 is 22.1 Å². The minimum Gasteiger partial charge on any atom is -0.461 e. The van der Waals surface area contributed by atoms with E-state index in [9.17, 15) is 13.2 Å². The van der Waals surface area contributed by atoms with Gasteiger partial charge in [-0.2, -0.15) is 8.42 Å². The van der Waals surface area contributed by atoms with Crippen LogP contribution in [0.15, 0.2) is 60.7 Å². The van der Waals surface area contributed by atoms with Crippen LogP contribution in [0.4, 0.5) is 0 Å². The van der Waals surface area contributed by atoms with Crippen molar-refractivity contribution in [3.05, 3.63) is 71.8 Å². The van der Waals surface area contributed by atoms with Crippen LogP contribution in [0, 0.1) is 11.8 Å². The molecule has 0 unspecified atom stereocenters. The van der Waals surface area contributed by atoms with E-state index in [1.807, 2.05) is 48.5 Å². The summed E-state index contributed by atoms with van der Waals surface area (Å²) in [6.45, 7) is 0.474. The zero-order valence-corrected chi connectivity index (χ0v) is 16.6. The van der Waals surface area contributed by atoms with Crippen LogP contribution >= 0.6 is 0 Å². The number of hydrogen-bond acceptors (Lipinski definition) is 5. The fourth-order valence-corrected chi connectivity index (χ4v) is 4.52. The lowest BCUT2D eigenvalue weighted by Gasteiger charge is -2.26. The number of benzene rings is 2. The van der Waals surface area contributed by atoms with Crippen molar-refractivity contribution in [2.24, 2.45) is 11.8 Å². The van der Waals surface area contributed by atoms with Crippen molar-refractivity contribution in [1.82, 2.24) is 0 Å². The first-order valence-electron chi connectivity index (χ1n) is 9.63. The van der Waals surface area contributed by atoms with E-state index in [0.29, 0.717) is 25.0 Å². The fraction of sp³-hybridized carbons (Fsp3) is 0.409. The van der Waals surface area contributed by atoms with Crippen molar-refractivity contribution >= 4 is 16.1 Å². The Bertz CT molecular complexity index is 841. The number of carbonyl (C=O) groups excluding carboxylic acids is 1. The molecule has 0 aromatic heterocycles. The van der Waals surface area contributed by atoms with Crippen molar-refractivity contribution in [1.29, 1.82) is 0 Å². The monoisotopic (exact) mass is 402 g/mol. The third kappa shape index (κ3) is 6.46. The maximum Gasteiger partial charge on any atom is 0.309 e. The second-order valence-corrected chi connectivity index (χ2v) is 8.92. The zero-order chi connectivity index (χ0) is 19.8. The first-order valence-corrected chi connectivity index (χ1v) is 11.2. The van der Waals surface area contributed by atoms with Gasteiger partial charge in [-0.1, -0.05) is 60.7 Å². The summed E-state index contributed by atoms with van der Waals surface area (Å²) in [6.07, 6.45) is 2.96. The summed E-state index contributed by atoms with van der Waals surface area (Å²) in [5.74, 6) is -0.237. The lowest BCUT2D eigenvalue weighted by molar-refractivity contribution is -0.151. The minimum absolute atomic E-state index is 0.110. The van der Waals surface area contributed by atoms with Gasteiger partial charge in [-0.25, -0.2) is 0 Å². The van der Waals surface area contributed by atoms with Gasteiger partial charge in [-0.05, 0) is 42.7 Å². The second-order valence-electron chi connectivity index (χ2n) is 7.28. The summed E-state index contributed by atoms with van der Waals surface area (Å²) in [7, 11) is -3.59. The summed E-state index contributed by atoms with van der Waals surface area (Å²) in [5.41, 5.74) is 1.69. The fourth-order valence-electron chi connectivity index (χ4n) is 3.43. The average Bonchev–Trinajstić information content (AvgIpc) is 2.72. The molecule has 1 aliphatic carbocycles. The van der Waals surface area contributed by atoms with Crippen LogP contribution in [0.5, 0.6) is 0 Å². The first kappa shape index (κ1) is 20.6. The maximum absolute atomic E-state index is 12.2. The lowest BCUT2D eigenvalue weighted by Crippen LogP contribution is -2.26. The molecule has 5 nitrogen and oxygen atoms in total. The third-order valence-corrected chi connectivity index (χ3v) is 6.26. The summed E-state index contributed by atoms with van der Waals surface area (Å²) in [4.78, 5) is 12.2. The molecule has 0 atom stereocenters. The molecular weight excluding hydrogens is 376 g/mol. The standard InChI is InChI=1S/C22H26O5S/c23-22(26-15-18-7-3-1-4-8-18)21-13-11-19(12-14-21)16-27-28(24,25)17-20-9-5-2-6-10-20/h1-10,19,21H,11-17H2. The molecule has 1 saturated carbocycles. The van der Waals surface area contributed by atoms with Gasteiger partial charge in [0.1, 0.15) is 12.4 Å². The predicted octanol–water partition coefficient (Wildman–Crippen LogP) is 4.08. The largest absolute Gasteiger partial charge is 0.461 e. The second kappa shape index (κ2) is 9.85. The Balaban J connectivity index is 1.38. The molecule has 0 heterocycles. The van der Waals surface area contributed by atoms with Gasteiger partial charge in [0.2, 0.25) is 0 Å². The SMILES string of the molecule is O=C(OCc1ccccc1)C1CCC(COS(=O)(=O)Cc2ccccc2)CC1. The molecule has 0 radical (unpaired) electrons. The van der Waals surface area contributed by atoms with Gasteiger partial charge in [-0.15, -0.1) is 0 Å². The molecule has 0 saturated heterocycles. The topological polar surface area (TPSA) is 69.7 Å². The molecule has 1 fully saturated rings. The van der Waals surface area contributed by atoms with E-state index in [-0.39, 0.29) is 30.2 Å². The molecule has 0 aliphatic heterocycles. The minimum atomic E-state index is -3.59. The van der Waals surface area contributed by atoms with Gasteiger partial charge >= 0.3 is 5.97 Å². The summed E-state index contributed by atoms with van der Waals surface area (Å²) in [6, 6.07) is 18.6. The highest BCUT2D eigenvalue weighted by molar-refractivity contribution is 7.85. The number of carbonyl (C=O) groups is 1. The van der Waals surface area contributed by atoms with E-state index < -0.39 is 10.1 Å². The van der Waals surface area contributed by atoms with Gasteiger partial charge in [-0.3, -0.25) is 8.98 Å². The van der Waals surface area contributed by atoms with Crippen LogP contribution in [0.2, 0.25) is 0 Å². The molecular formula is C22H26O5S. The van der Waals surface area contributed by atoms with E-state index in [2.05, 4.69) is 0 Å². The molecule has 28 heavy (non-hydrogen) atoms. The van der Waals surface area contributed by atoms with Crippen molar-refractivity contribution in [3.8, 4) is 0 Å². The van der Waals surface area contributed by atoms with Gasteiger partial charge in [0.05, 0.1) is 12.5 Å². The van der Waals surface area contributed by atoms with E-state index >= 15 is 0 Å². The van der Waals surface area contributed by atoms with Crippen LogP contribution in [-0.4, -0.2) is 21.0 Å². The molecule has 150 valence electrons. The van der Waals surface area contributed by atoms with E-state index in [4.69, 9.17) is 8.92 Å². The Morgan fingerprint density at radius 3 is 2.04 bits per heavy atom. The average molecular weight is 403 g/mol. The van der Waals surface area contributed by atoms with Crippen LogP contribution in [0.3, 0.4) is 0 Å². The molecule has 2 aromatic carbocycles. The maximum atomic E-state index is 12.2. The zero-order valence-electron chi connectivity index (χ0n) is 15.8. The molecule has 1 aliphatic rings. The van der Waals surface area contributed by atoms with Crippen LogP contribution in [0.25, 0.3) is 0 Å². The summed E-state index contributed by atoms with van der Waals surface area (Å²) >= 11 is 0. The molecule has 0 spiro atoms. The predicted molar refractivity (Wildman–Crippen MR) is 107 cm³/mol. The normalized spacial score (nSPS) is 19.9. The molecule has 0 N–H and O–H groups in total. The Labute approximate surface area is 166 Å². The van der Waals surface area contributed by atoms with Crippen LogP contribution in [-0.2, 0) is 36.2 Å². The molecule has 0 amide bonds. The van der Waals surface area contributed by atoms with Gasteiger partial charge in [0, 0.05) is 0 Å². The highest BCUT2D eigenvalue weighted by Gasteiger charge is 2.28. The Morgan fingerprint density at radius 2 is 1.43 bits per heavy atom. The van der Waals surface area contributed by atoms with E-state index in [1.165, 1.54) is 0 Å². The molecule has 6 heteroatoms. The van der Waals surface area contributed by atoms with Crippen molar-refractivity contribution in [3.63, 3.8) is 0 Å². The van der Waals surface area contributed by atoms with E-state index in [0.717, 1.165) is 18.4 Å². The van der Waals surface area contributed by atoms with Crippen molar-refractivity contribution in [2.75, 3.05) is 6.61 Å². The molecule has 0 bridgehead atoms. The molecule has 3 rings (SSSR count). The lowest BCUT2D eigenvalue weighted by atomic mass is 9.82. The number of hydrogen-bond donors (Lipinski definition) is 0. The first-order chi connectivity index (χ1) is 13.5. The van der Waals surface area contributed by atoms with Crippen LogP contribution in [0.1, 0.15) is 36.8 Å². The smallest absolute Gasteiger partial charge is 0.309 e. The number of ether oxygens (including phenoxy) is 1. The van der Waals surface area contributed by atoms with Crippen LogP contribution < -0.4 is 0 Å². The quantitative estimate of drug-likeness (QED) is 0.491. The highest BCUT2D eigenvalue weighted by Crippen LogP contribution is 2.30. The molecule has 2 aromatic rings. The number of rotatable bonds is 8. The third-order valence-electron chi connectivity index (χ3n) is 5.07. The number of esters is 1. The Kier molecular flexibility index (Phi) is 7.23. The van der Waals surface area contributed by atoms with E-state index in [1.54, 1.807) is 12.1 Å². The Morgan fingerprint density at radius 1 is 0.857 bits per heavy atom. The summed E-state index contributed by atoms with van der Waals surface area (Å²) in [5, 5.41) is 0. The van der Waals surface area contributed by atoms with Gasteiger partial charge < -0.3 is 4.74 Å². The summed E-state index contributed by atoms with van der Waals surface area (Å²) < 4.78 is 34.9. The Hall–Kier alpha value is -2.18. The van der Waals surface area contributed by atoms with Gasteiger partial charge in [0.15, 0.2) is 0 Å². The van der Waals surface area contributed by atoms with Crippen molar-refractivity contribution in [2.45, 2.75) is 38.0 Å². The highest BCUT2D eigenvalue weighted by atomic mass is 32.2. The van der Waals surface area contributed by atoms with Gasteiger partial charge in [0.25, 0.3) is 10.1 Å².